The van der Waals surface area contributed by atoms with E-state index in [-0.39, 0.29) is 22.2 Å². The molecule has 0 spiro atoms. The van der Waals surface area contributed by atoms with Crippen molar-refractivity contribution >= 4 is 0 Å². The van der Waals surface area contributed by atoms with Gasteiger partial charge in [-0.2, -0.15) is 0 Å². The Hall–Kier alpha value is 0.710. The number of hydrogen-bond acceptors (Lipinski definition) is 4. The van der Waals surface area contributed by atoms with Crippen molar-refractivity contribution in [1.82, 2.24) is 11.6 Å². The molecule has 0 rings (SSSR count). The molecule has 152 valence electrons. The third-order valence-electron chi connectivity index (χ3n) is 5.82. The molecule has 0 amide bonds. The van der Waals surface area contributed by atoms with E-state index in [1.807, 2.05) is 0 Å². The monoisotopic (exact) mass is 524 g/mol. The van der Waals surface area contributed by atoms with Crippen LogP contribution in [0.3, 0.4) is 0 Å². The van der Waals surface area contributed by atoms with Gasteiger partial charge in [-0.25, -0.2) is 0 Å². The van der Waals surface area contributed by atoms with Crippen LogP contribution in [-0.4, -0.2) is 61.9 Å². The van der Waals surface area contributed by atoms with Gasteiger partial charge < -0.3 is 0 Å². The first-order valence-corrected chi connectivity index (χ1v) is 16.0. The summed E-state index contributed by atoms with van der Waals surface area (Å²) in [5.74, 6) is 0. The normalized spacial score (nSPS) is 15.8. The van der Waals surface area contributed by atoms with Crippen LogP contribution in [0.4, 0.5) is 0 Å². The molecule has 0 radical (unpaired) electrons. The Kier molecular flexibility index (Phi) is 7.83. The molecule has 0 aromatic carbocycles. The van der Waals surface area contributed by atoms with E-state index < -0.39 is 21.1 Å². The summed E-state index contributed by atoms with van der Waals surface area (Å²) in [6, 6.07) is 0. The van der Waals surface area contributed by atoms with E-state index in [0.29, 0.717) is 0 Å². The quantitative estimate of drug-likeness (QED) is 0.495. The molecule has 0 aromatic heterocycles. The molecule has 0 saturated carbocycles. The van der Waals surface area contributed by atoms with Crippen LogP contribution in [0.25, 0.3) is 0 Å². The van der Waals surface area contributed by atoms with Gasteiger partial charge in [0, 0.05) is 0 Å². The Labute approximate surface area is 165 Å². The number of rotatable bonds is 4. The van der Waals surface area contributed by atoms with Crippen molar-refractivity contribution in [1.29, 1.82) is 0 Å². The summed E-state index contributed by atoms with van der Waals surface area (Å²) in [4.78, 5) is 0. The third-order valence-corrected chi connectivity index (χ3v) is 28.4. The van der Waals surface area contributed by atoms with Gasteiger partial charge in [-0.05, 0) is 0 Å². The Morgan fingerprint density at radius 2 is 0.480 bits per heavy atom. The molecule has 0 aromatic rings. The fraction of sp³-hybridized carbons (Fsp3) is 1.00. The Morgan fingerprint density at radius 3 is 0.560 bits per heavy atom. The summed E-state index contributed by atoms with van der Waals surface area (Å²) in [7, 11) is 9.42. The van der Waals surface area contributed by atoms with Crippen LogP contribution in [0, 0.1) is 0 Å². The van der Waals surface area contributed by atoms with Crippen molar-refractivity contribution in [3.05, 3.63) is 0 Å². The van der Waals surface area contributed by atoms with Gasteiger partial charge in [-0.3, -0.25) is 0 Å². The zero-order chi connectivity index (χ0) is 20.8. The van der Waals surface area contributed by atoms with E-state index in [4.69, 9.17) is 0 Å². The third kappa shape index (κ3) is 5.37. The maximum absolute atomic E-state index is 3.63. The first-order chi connectivity index (χ1) is 10.6. The second-order valence-electron chi connectivity index (χ2n) is 11.5. The molecule has 0 atom stereocenters. The molecule has 25 heavy (non-hydrogen) atoms. The van der Waals surface area contributed by atoms with Crippen LogP contribution >= 0.6 is 0 Å². The standard InChI is InChI=1S/4C5H12N.Hf/c4*1-5(2,3)6-4;/h4*1-4H3;/q4*-1;+4. The molecule has 0 heterocycles. The minimum atomic E-state index is -3.63. The molecule has 5 heteroatoms. The Balaban J connectivity index is 6.97. The van der Waals surface area contributed by atoms with E-state index in [0.717, 1.165) is 0 Å². The molecule has 0 unspecified atom stereocenters. The van der Waals surface area contributed by atoms with Crippen LogP contribution in [-0.2, 0) is 21.1 Å². The topological polar surface area (TPSA) is 13.0 Å². The minimum absolute atomic E-state index is 0.0973. The Morgan fingerprint density at radius 1 is 0.360 bits per heavy atom. The van der Waals surface area contributed by atoms with Gasteiger partial charge in [-0.1, -0.05) is 0 Å². The molecule has 0 aliphatic carbocycles. The van der Waals surface area contributed by atoms with Crippen molar-refractivity contribution in [3.63, 3.8) is 0 Å². The van der Waals surface area contributed by atoms with Gasteiger partial charge in [-0.15, -0.1) is 0 Å². The van der Waals surface area contributed by atoms with Gasteiger partial charge in [0.2, 0.25) is 0 Å². The average molecular weight is 523 g/mol. The van der Waals surface area contributed by atoms with E-state index >= 15 is 0 Å². The van der Waals surface area contributed by atoms with Crippen molar-refractivity contribution in [3.8, 4) is 0 Å². The molecule has 0 fully saturated rings. The SMILES string of the molecule is C[N](C(C)(C)C)[Hf]([N](C)C(C)(C)C)([N](C)C(C)(C)C)[N](C)C(C)(C)C. The van der Waals surface area contributed by atoms with Crippen LogP contribution in [0.2, 0.25) is 0 Å². The van der Waals surface area contributed by atoms with Gasteiger partial charge in [0.15, 0.2) is 0 Å². The first-order valence-electron chi connectivity index (χ1n) is 9.58. The first kappa shape index (κ1) is 25.7. The van der Waals surface area contributed by atoms with Gasteiger partial charge in [0.05, 0.1) is 0 Å². The molecular formula is C20H48HfN4. The summed E-state index contributed by atoms with van der Waals surface area (Å²) >= 11 is -3.63. The summed E-state index contributed by atoms with van der Waals surface area (Å²) < 4.78 is 11.0. The molecule has 0 N–H and O–H groups in total. The van der Waals surface area contributed by atoms with Gasteiger partial charge in [0.1, 0.15) is 0 Å². The summed E-state index contributed by atoms with van der Waals surface area (Å²) in [6.45, 7) is 28.2. The zero-order valence-electron chi connectivity index (χ0n) is 20.3. The van der Waals surface area contributed by atoms with E-state index in [2.05, 4.69) is 123 Å². The zero-order valence-corrected chi connectivity index (χ0v) is 23.9. The molecule has 4 nitrogen and oxygen atoms in total. The molecule has 0 saturated heterocycles. The fourth-order valence-electron chi connectivity index (χ4n) is 3.15. The second kappa shape index (κ2) is 7.62. The molecule has 0 bridgehead atoms. The van der Waals surface area contributed by atoms with Crippen LogP contribution in [0.15, 0.2) is 0 Å². The molecular weight excluding hydrogens is 475 g/mol. The van der Waals surface area contributed by atoms with Crippen molar-refractivity contribution in [2.75, 3.05) is 28.2 Å². The average Bonchev–Trinajstić information content (AvgIpc) is 2.34. The predicted octanol–water partition coefficient (Wildman–Crippen LogP) is 4.72. The van der Waals surface area contributed by atoms with Gasteiger partial charge >= 0.3 is 166 Å². The predicted molar refractivity (Wildman–Crippen MR) is 110 cm³/mol. The molecule has 0 aliphatic heterocycles. The maximum atomic E-state index is 2.74. The van der Waals surface area contributed by atoms with Crippen molar-refractivity contribution in [2.24, 2.45) is 0 Å². The summed E-state index contributed by atoms with van der Waals surface area (Å²) in [6.07, 6.45) is 0. The van der Waals surface area contributed by atoms with Crippen LogP contribution in [0.5, 0.6) is 0 Å². The van der Waals surface area contributed by atoms with E-state index in [9.17, 15) is 0 Å². The van der Waals surface area contributed by atoms with Crippen molar-refractivity contribution in [2.45, 2.75) is 105 Å². The summed E-state index contributed by atoms with van der Waals surface area (Å²) in [5, 5.41) is 0. The van der Waals surface area contributed by atoms with E-state index in [1.165, 1.54) is 0 Å². The van der Waals surface area contributed by atoms with Gasteiger partial charge in [0.25, 0.3) is 0 Å². The fourth-order valence-corrected chi connectivity index (χ4v) is 25.8. The number of hydrogen-bond donors (Lipinski definition) is 0. The van der Waals surface area contributed by atoms with Crippen LogP contribution < -0.4 is 0 Å². The van der Waals surface area contributed by atoms with Crippen LogP contribution in [0.1, 0.15) is 83.1 Å². The summed E-state index contributed by atoms with van der Waals surface area (Å²) in [5.41, 5.74) is 0.389. The van der Waals surface area contributed by atoms with E-state index in [1.54, 1.807) is 0 Å². The number of nitrogens with zero attached hydrogens (tertiary/aromatic N) is 4. The van der Waals surface area contributed by atoms with Crippen molar-refractivity contribution < 1.29 is 21.1 Å². The Bertz CT molecular complexity index is 349. The second-order valence-corrected chi connectivity index (χ2v) is 25.5. The molecule has 0 aliphatic rings.